The van der Waals surface area contributed by atoms with Crippen molar-refractivity contribution in [3.63, 3.8) is 0 Å². The highest BCUT2D eigenvalue weighted by Gasteiger charge is 2.34. The van der Waals surface area contributed by atoms with Crippen LogP contribution in [0.15, 0.2) is 52.4 Å². The van der Waals surface area contributed by atoms with Crippen LogP contribution in [0.3, 0.4) is 0 Å². The first-order valence-corrected chi connectivity index (χ1v) is 11.3. The van der Waals surface area contributed by atoms with Crippen LogP contribution in [-0.4, -0.2) is 21.8 Å². The molecule has 2 amide bonds. The lowest BCUT2D eigenvalue weighted by Crippen LogP contribution is -2.36. The minimum absolute atomic E-state index is 0.107. The van der Waals surface area contributed by atoms with E-state index in [0.717, 1.165) is 22.3 Å². The van der Waals surface area contributed by atoms with Gasteiger partial charge in [-0.05, 0) is 55.2 Å². The Morgan fingerprint density at radius 2 is 1.88 bits per heavy atom. The van der Waals surface area contributed by atoms with Gasteiger partial charge in [0.2, 0.25) is 11.8 Å². The average molecular weight is 449 g/mol. The van der Waals surface area contributed by atoms with Gasteiger partial charge in [-0.3, -0.25) is 14.4 Å². The number of benzene rings is 2. The number of carbonyl (C=O) groups is 2. The monoisotopic (exact) mass is 448 g/mol. The number of rotatable bonds is 5. The summed E-state index contributed by atoms with van der Waals surface area (Å²) in [4.78, 5) is 45.4. The van der Waals surface area contributed by atoms with Crippen molar-refractivity contribution in [3.05, 3.63) is 80.6 Å². The van der Waals surface area contributed by atoms with E-state index < -0.39 is 17.4 Å². The zero-order valence-electron chi connectivity index (χ0n) is 18.1. The number of aromatic amines is 1. The first-order valence-electron chi connectivity index (χ1n) is 10.3. The summed E-state index contributed by atoms with van der Waals surface area (Å²) in [5, 5.41) is 5.88. The van der Waals surface area contributed by atoms with E-state index in [1.165, 1.54) is 11.8 Å². The number of aromatic nitrogens is 2. The fraction of sp³-hybridized carbons (Fsp3) is 0.250. The van der Waals surface area contributed by atoms with Gasteiger partial charge < -0.3 is 15.6 Å². The summed E-state index contributed by atoms with van der Waals surface area (Å²) in [6, 6.07) is 13.6. The minimum atomic E-state index is -0.910. The number of amides is 2. The molecule has 2 aromatic carbocycles. The highest BCUT2D eigenvalue weighted by Crippen LogP contribution is 2.31. The van der Waals surface area contributed by atoms with Crippen LogP contribution in [0.5, 0.6) is 0 Å². The van der Waals surface area contributed by atoms with Crippen LogP contribution >= 0.6 is 11.8 Å². The third-order valence-corrected chi connectivity index (χ3v) is 6.57. The molecule has 4 rings (SSSR count). The topological polar surface area (TPSA) is 104 Å². The Labute approximate surface area is 190 Å². The fourth-order valence-electron chi connectivity index (χ4n) is 3.61. The lowest BCUT2D eigenvalue weighted by molar-refractivity contribution is -0.123. The van der Waals surface area contributed by atoms with Crippen molar-refractivity contribution in [2.75, 3.05) is 10.6 Å². The van der Waals surface area contributed by atoms with E-state index in [1.54, 1.807) is 6.07 Å². The van der Waals surface area contributed by atoms with Crippen molar-refractivity contribution >= 4 is 35.1 Å². The summed E-state index contributed by atoms with van der Waals surface area (Å²) in [6.45, 7) is 5.97. The van der Waals surface area contributed by atoms with Crippen molar-refractivity contribution in [1.82, 2.24) is 9.97 Å². The molecule has 7 nitrogen and oxygen atoms in total. The molecule has 32 heavy (non-hydrogen) atoms. The van der Waals surface area contributed by atoms with Crippen LogP contribution in [0.4, 0.5) is 11.5 Å². The quantitative estimate of drug-likeness (QED) is 0.403. The van der Waals surface area contributed by atoms with Crippen molar-refractivity contribution in [2.24, 2.45) is 0 Å². The van der Waals surface area contributed by atoms with E-state index in [2.05, 4.69) is 20.6 Å². The lowest BCUT2D eigenvalue weighted by atomic mass is 9.92. The molecule has 0 bridgehead atoms. The maximum Gasteiger partial charge on any atom is 0.257 e. The first-order chi connectivity index (χ1) is 15.3. The van der Waals surface area contributed by atoms with Crippen LogP contribution in [0, 0.1) is 20.8 Å². The standard InChI is InChI=1S/C24H24N4O3S/c1-13-8-9-17(10-15(13)3)25-22(30)18-11-19(29)26-21-20(18)23(31)28-24(27-21)32-12-16-7-5-4-6-14(16)2/h4-10,18H,11-12H2,1-3H3,(H,25,30)(H2,26,27,28,29,31). The molecule has 0 saturated heterocycles. The number of nitrogens with zero attached hydrogens (tertiary/aromatic N) is 1. The smallest absolute Gasteiger partial charge is 0.257 e. The van der Waals surface area contributed by atoms with E-state index in [0.29, 0.717) is 16.6 Å². The molecule has 0 saturated carbocycles. The highest BCUT2D eigenvalue weighted by molar-refractivity contribution is 7.98. The SMILES string of the molecule is Cc1ccc(NC(=O)C2CC(=O)Nc3nc(SCc4ccccc4C)[nH]c(=O)c32)cc1C. The molecule has 2 heterocycles. The maximum absolute atomic E-state index is 13.0. The summed E-state index contributed by atoms with van der Waals surface area (Å²) in [6.07, 6.45) is -0.107. The summed E-state index contributed by atoms with van der Waals surface area (Å²) < 4.78 is 0. The molecule has 0 spiro atoms. The van der Waals surface area contributed by atoms with E-state index in [1.807, 2.05) is 57.2 Å². The highest BCUT2D eigenvalue weighted by atomic mass is 32.2. The number of hydrogen-bond donors (Lipinski definition) is 3. The number of anilines is 2. The molecule has 8 heteroatoms. The molecule has 164 valence electrons. The predicted octanol–water partition coefficient (Wildman–Crippen LogP) is 4.05. The second-order valence-corrected chi connectivity index (χ2v) is 8.91. The number of H-pyrrole nitrogens is 1. The van der Waals surface area contributed by atoms with Crippen molar-refractivity contribution in [3.8, 4) is 0 Å². The van der Waals surface area contributed by atoms with Crippen LogP contribution < -0.4 is 16.2 Å². The molecule has 0 aliphatic carbocycles. The van der Waals surface area contributed by atoms with Crippen LogP contribution in [-0.2, 0) is 15.3 Å². The van der Waals surface area contributed by atoms with Gasteiger partial charge in [-0.25, -0.2) is 4.98 Å². The number of nitrogens with one attached hydrogen (secondary N) is 3. The van der Waals surface area contributed by atoms with Gasteiger partial charge in [0.25, 0.3) is 5.56 Å². The van der Waals surface area contributed by atoms with Gasteiger partial charge in [0.05, 0.1) is 11.5 Å². The molecule has 1 unspecified atom stereocenters. The summed E-state index contributed by atoms with van der Waals surface area (Å²) in [7, 11) is 0. The Morgan fingerprint density at radius 1 is 1.09 bits per heavy atom. The number of carbonyl (C=O) groups excluding carboxylic acids is 2. The first kappa shape index (κ1) is 21.8. The predicted molar refractivity (Wildman–Crippen MR) is 126 cm³/mol. The van der Waals surface area contributed by atoms with Crippen molar-refractivity contribution in [1.29, 1.82) is 0 Å². The molecular weight excluding hydrogens is 424 g/mol. The van der Waals surface area contributed by atoms with E-state index in [-0.39, 0.29) is 23.7 Å². The third kappa shape index (κ3) is 4.60. The van der Waals surface area contributed by atoms with Gasteiger partial charge in [0.15, 0.2) is 5.16 Å². The van der Waals surface area contributed by atoms with E-state index in [4.69, 9.17) is 0 Å². The zero-order chi connectivity index (χ0) is 22.8. The summed E-state index contributed by atoms with van der Waals surface area (Å²) in [5.74, 6) is -0.883. The van der Waals surface area contributed by atoms with Crippen LogP contribution in [0.2, 0.25) is 0 Å². The Kier molecular flexibility index (Phi) is 6.14. The fourth-order valence-corrected chi connectivity index (χ4v) is 4.55. The Balaban J connectivity index is 1.58. The Morgan fingerprint density at radius 3 is 2.62 bits per heavy atom. The molecule has 3 N–H and O–H groups in total. The molecule has 1 atom stereocenters. The normalized spacial score (nSPS) is 15.1. The Bertz CT molecular complexity index is 1270. The van der Waals surface area contributed by atoms with Crippen LogP contribution in [0.25, 0.3) is 0 Å². The van der Waals surface area contributed by atoms with Gasteiger partial charge >= 0.3 is 0 Å². The minimum Gasteiger partial charge on any atom is -0.326 e. The number of thioether (sulfide) groups is 1. The van der Waals surface area contributed by atoms with Crippen molar-refractivity contribution in [2.45, 2.75) is 44.0 Å². The largest absolute Gasteiger partial charge is 0.326 e. The maximum atomic E-state index is 13.0. The molecule has 1 aromatic heterocycles. The van der Waals surface area contributed by atoms with Gasteiger partial charge in [-0.2, -0.15) is 0 Å². The van der Waals surface area contributed by atoms with E-state index in [9.17, 15) is 14.4 Å². The second-order valence-electron chi connectivity index (χ2n) is 7.94. The molecule has 3 aromatic rings. The summed E-state index contributed by atoms with van der Waals surface area (Å²) in [5.41, 5.74) is 4.83. The zero-order valence-corrected chi connectivity index (χ0v) is 18.9. The van der Waals surface area contributed by atoms with Gasteiger partial charge in [-0.15, -0.1) is 0 Å². The molecule has 1 aliphatic rings. The van der Waals surface area contributed by atoms with Gasteiger partial charge in [0, 0.05) is 17.9 Å². The number of hydrogen-bond acceptors (Lipinski definition) is 5. The molecular formula is C24H24N4O3S. The second kappa shape index (κ2) is 9.00. The van der Waals surface area contributed by atoms with Crippen molar-refractivity contribution < 1.29 is 9.59 Å². The molecule has 0 radical (unpaired) electrons. The number of aryl methyl sites for hydroxylation is 3. The van der Waals surface area contributed by atoms with Crippen LogP contribution in [0.1, 0.15) is 40.2 Å². The van der Waals surface area contributed by atoms with E-state index >= 15 is 0 Å². The molecule has 1 aliphatic heterocycles. The lowest BCUT2D eigenvalue weighted by Gasteiger charge is -2.23. The third-order valence-electron chi connectivity index (χ3n) is 5.65. The van der Waals surface area contributed by atoms with Gasteiger partial charge in [-0.1, -0.05) is 42.1 Å². The molecule has 0 fully saturated rings. The average Bonchev–Trinajstić information content (AvgIpc) is 2.75. The Hall–Kier alpha value is -3.39. The summed E-state index contributed by atoms with van der Waals surface area (Å²) >= 11 is 1.37. The number of fused-ring (bicyclic) bond motifs is 1. The van der Waals surface area contributed by atoms with Gasteiger partial charge in [0.1, 0.15) is 5.82 Å².